The molecule has 0 bridgehead atoms. The van der Waals surface area contributed by atoms with Gasteiger partial charge in [-0.15, -0.1) is 0 Å². The van der Waals surface area contributed by atoms with Crippen molar-refractivity contribution in [2.75, 3.05) is 19.8 Å². The van der Waals surface area contributed by atoms with Crippen molar-refractivity contribution in [2.24, 2.45) is 0 Å². The van der Waals surface area contributed by atoms with Crippen LogP contribution in [0.1, 0.15) is 6.42 Å². The molecule has 0 radical (unpaired) electrons. The first-order valence-corrected chi connectivity index (χ1v) is 6.23. The van der Waals surface area contributed by atoms with Crippen LogP contribution in [0.4, 0.5) is 30.7 Å². The molecule has 1 fully saturated rings. The molecule has 1 aliphatic rings. The van der Waals surface area contributed by atoms with Crippen molar-refractivity contribution < 1.29 is 48.9 Å². The van der Waals surface area contributed by atoms with Gasteiger partial charge in [-0.1, -0.05) is 0 Å². The molecule has 0 unspecified atom stereocenters. The quantitative estimate of drug-likeness (QED) is 0.588. The highest BCUT2D eigenvalue weighted by molar-refractivity contribution is 7.48. The van der Waals surface area contributed by atoms with Crippen molar-refractivity contribution in [3.05, 3.63) is 0 Å². The molecule has 0 aromatic rings. The van der Waals surface area contributed by atoms with Gasteiger partial charge in [0, 0.05) is 0 Å². The van der Waals surface area contributed by atoms with Gasteiger partial charge in [-0.3, -0.25) is 13.6 Å². The third kappa shape index (κ3) is 3.59. The maximum Gasteiger partial charge on any atom is 0.474 e. The lowest BCUT2D eigenvalue weighted by atomic mass is 10.2. The SMILES string of the molecule is O=P1(OCC(F)(F)C(F)(F)C(F)(F)F)OCCCO1. The van der Waals surface area contributed by atoms with Gasteiger partial charge < -0.3 is 0 Å². The Morgan fingerprint density at radius 3 is 1.89 bits per heavy atom. The fraction of sp³-hybridized carbons (Fsp3) is 1.00. The molecule has 19 heavy (non-hydrogen) atoms. The van der Waals surface area contributed by atoms with Crippen LogP contribution in [0, 0.1) is 0 Å². The Morgan fingerprint density at radius 1 is 1.00 bits per heavy atom. The zero-order chi connectivity index (χ0) is 14.9. The molecule has 0 saturated carbocycles. The van der Waals surface area contributed by atoms with E-state index in [4.69, 9.17) is 0 Å². The van der Waals surface area contributed by atoms with E-state index in [1.165, 1.54) is 0 Å². The highest BCUT2D eigenvalue weighted by Gasteiger charge is 2.73. The first kappa shape index (κ1) is 16.7. The fourth-order valence-corrected chi connectivity index (χ4v) is 2.23. The number of rotatable bonds is 4. The van der Waals surface area contributed by atoms with E-state index >= 15 is 0 Å². The van der Waals surface area contributed by atoms with Crippen molar-refractivity contribution in [1.29, 1.82) is 0 Å². The van der Waals surface area contributed by atoms with E-state index in [1.54, 1.807) is 0 Å². The summed E-state index contributed by atoms with van der Waals surface area (Å²) in [5.41, 5.74) is 0. The van der Waals surface area contributed by atoms with Gasteiger partial charge in [-0.2, -0.15) is 30.7 Å². The molecule has 0 spiro atoms. The number of phosphoric ester groups is 1. The standard InChI is InChI=1S/C7H8F7O4P/c8-5(9,6(10,11)7(12,13)14)4-18-19(15)16-2-1-3-17-19/h1-4H2. The normalized spacial score (nSPS) is 21.4. The molecule has 1 aliphatic heterocycles. The molecule has 1 heterocycles. The van der Waals surface area contributed by atoms with Gasteiger partial charge in [0.15, 0.2) is 0 Å². The van der Waals surface area contributed by atoms with Crippen LogP contribution in [0.3, 0.4) is 0 Å². The van der Waals surface area contributed by atoms with Crippen LogP contribution in [0.2, 0.25) is 0 Å². The Hall–Kier alpha value is -0.380. The molecule has 0 N–H and O–H groups in total. The Balaban J connectivity index is 2.72. The molecule has 0 aromatic heterocycles. The van der Waals surface area contributed by atoms with Crippen LogP contribution >= 0.6 is 7.82 Å². The summed E-state index contributed by atoms with van der Waals surface area (Å²) >= 11 is 0. The van der Waals surface area contributed by atoms with Crippen LogP contribution in [-0.2, 0) is 18.1 Å². The van der Waals surface area contributed by atoms with Crippen LogP contribution in [0.15, 0.2) is 0 Å². The van der Waals surface area contributed by atoms with Gasteiger partial charge in [0.25, 0.3) is 0 Å². The largest absolute Gasteiger partial charge is 0.474 e. The lowest BCUT2D eigenvalue weighted by Gasteiger charge is -2.29. The second kappa shape index (κ2) is 5.19. The molecule has 0 atom stereocenters. The summed E-state index contributed by atoms with van der Waals surface area (Å²) in [4.78, 5) is 0. The molecule has 0 aliphatic carbocycles. The molecule has 114 valence electrons. The number of hydrogen-bond acceptors (Lipinski definition) is 4. The number of phosphoric acid groups is 1. The number of hydrogen-bond donors (Lipinski definition) is 0. The van der Waals surface area contributed by atoms with Gasteiger partial charge >= 0.3 is 25.8 Å². The Kier molecular flexibility index (Phi) is 4.56. The predicted molar refractivity (Wildman–Crippen MR) is 46.0 cm³/mol. The molecular formula is C7H8F7O4P. The number of alkyl halides is 7. The third-order valence-corrected chi connectivity index (χ3v) is 3.45. The zero-order valence-electron chi connectivity index (χ0n) is 9.05. The average Bonchev–Trinajstić information content (AvgIpc) is 2.26. The summed E-state index contributed by atoms with van der Waals surface area (Å²) in [7, 11) is -4.51. The lowest BCUT2D eigenvalue weighted by Crippen LogP contribution is -2.54. The van der Waals surface area contributed by atoms with E-state index < -0.39 is 32.5 Å². The molecule has 4 nitrogen and oxygen atoms in total. The van der Waals surface area contributed by atoms with Crippen molar-refractivity contribution in [3.63, 3.8) is 0 Å². The van der Waals surface area contributed by atoms with Gasteiger partial charge in [0.1, 0.15) is 6.61 Å². The van der Waals surface area contributed by atoms with Crippen LogP contribution < -0.4 is 0 Å². The maximum absolute atomic E-state index is 12.8. The van der Waals surface area contributed by atoms with Gasteiger partial charge in [0.2, 0.25) is 0 Å². The molecule has 0 aromatic carbocycles. The second-order valence-electron chi connectivity index (χ2n) is 3.52. The Bertz CT molecular complexity index is 359. The Morgan fingerprint density at radius 2 is 1.47 bits per heavy atom. The monoisotopic (exact) mass is 320 g/mol. The average molecular weight is 320 g/mol. The van der Waals surface area contributed by atoms with Crippen LogP contribution in [0.5, 0.6) is 0 Å². The first-order chi connectivity index (χ1) is 8.41. The topological polar surface area (TPSA) is 44.8 Å². The second-order valence-corrected chi connectivity index (χ2v) is 5.19. The summed E-state index contributed by atoms with van der Waals surface area (Å²) in [6.45, 7) is -2.87. The molecule has 1 saturated heterocycles. The molecule has 1 rings (SSSR count). The molecule has 0 amide bonds. The van der Waals surface area contributed by atoms with Crippen molar-refractivity contribution >= 4 is 7.82 Å². The van der Waals surface area contributed by atoms with E-state index in [2.05, 4.69) is 13.6 Å². The van der Waals surface area contributed by atoms with Gasteiger partial charge in [0.05, 0.1) is 13.2 Å². The van der Waals surface area contributed by atoms with E-state index in [-0.39, 0.29) is 19.6 Å². The Labute approximate surface area is 102 Å². The summed E-state index contributed by atoms with van der Waals surface area (Å²) < 4.78 is 110. The minimum Gasteiger partial charge on any atom is -0.287 e. The first-order valence-electron chi connectivity index (χ1n) is 4.77. The summed E-state index contributed by atoms with van der Waals surface area (Å²) in [6, 6.07) is 0. The smallest absolute Gasteiger partial charge is 0.287 e. The zero-order valence-corrected chi connectivity index (χ0v) is 9.95. The highest BCUT2D eigenvalue weighted by Crippen LogP contribution is 2.54. The van der Waals surface area contributed by atoms with E-state index in [0.29, 0.717) is 0 Å². The molecule has 12 heteroatoms. The van der Waals surface area contributed by atoms with Gasteiger partial charge in [-0.05, 0) is 6.42 Å². The molecular weight excluding hydrogens is 312 g/mol. The highest BCUT2D eigenvalue weighted by atomic mass is 31.2. The summed E-state index contributed by atoms with van der Waals surface area (Å²) in [6.07, 6.45) is -6.22. The van der Waals surface area contributed by atoms with E-state index in [1.807, 2.05) is 0 Å². The minimum absolute atomic E-state index is 0.210. The van der Waals surface area contributed by atoms with Crippen molar-refractivity contribution in [2.45, 2.75) is 24.4 Å². The van der Waals surface area contributed by atoms with Gasteiger partial charge in [-0.25, -0.2) is 4.57 Å². The summed E-state index contributed by atoms with van der Waals surface area (Å²) in [5.74, 6) is -11.9. The van der Waals surface area contributed by atoms with Crippen LogP contribution in [0.25, 0.3) is 0 Å². The van der Waals surface area contributed by atoms with Crippen molar-refractivity contribution in [3.8, 4) is 0 Å². The van der Waals surface area contributed by atoms with E-state index in [0.717, 1.165) is 0 Å². The third-order valence-electron chi connectivity index (χ3n) is 2.01. The van der Waals surface area contributed by atoms with Crippen LogP contribution in [-0.4, -0.2) is 37.8 Å². The number of halogens is 7. The minimum atomic E-state index is -6.47. The van der Waals surface area contributed by atoms with Crippen molar-refractivity contribution in [1.82, 2.24) is 0 Å². The maximum atomic E-state index is 12.8. The predicted octanol–water partition coefficient (Wildman–Crippen LogP) is 3.38. The summed E-state index contributed by atoms with van der Waals surface area (Å²) in [5, 5.41) is 0. The lowest BCUT2D eigenvalue weighted by molar-refractivity contribution is -0.358. The fourth-order valence-electron chi connectivity index (χ4n) is 0.982. The van der Waals surface area contributed by atoms with E-state index in [9.17, 15) is 35.3 Å².